The molecule has 1 aliphatic heterocycles. The fraction of sp³-hybridized carbons (Fsp3) is 0.286. The van der Waals surface area contributed by atoms with Crippen LogP contribution in [0.5, 0.6) is 0 Å². The van der Waals surface area contributed by atoms with E-state index < -0.39 is 0 Å². The van der Waals surface area contributed by atoms with Gasteiger partial charge in [0.05, 0.1) is 5.54 Å². The molecule has 1 saturated heterocycles. The van der Waals surface area contributed by atoms with E-state index in [4.69, 9.17) is 4.52 Å². The van der Waals surface area contributed by atoms with Crippen LogP contribution in [0.2, 0.25) is 0 Å². The summed E-state index contributed by atoms with van der Waals surface area (Å²) >= 11 is 0. The average Bonchev–Trinajstić information content (AvgIpc) is 3.29. The second-order valence-electron chi connectivity index (χ2n) is 7.03. The van der Waals surface area contributed by atoms with Gasteiger partial charge in [0.2, 0.25) is 11.7 Å². The predicted octanol–water partition coefficient (Wildman–Crippen LogP) is 3.66. The number of hydrogen-bond donors (Lipinski definition) is 1. The zero-order chi connectivity index (χ0) is 18.9. The van der Waals surface area contributed by atoms with E-state index in [1.165, 1.54) is 12.1 Å². The highest BCUT2D eigenvalue weighted by molar-refractivity contribution is 5.51. The molecule has 0 saturated carbocycles. The maximum absolute atomic E-state index is 13.2. The van der Waals surface area contributed by atoms with Crippen molar-refractivity contribution in [3.05, 3.63) is 65.4 Å². The maximum atomic E-state index is 13.2. The van der Waals surface area contributed by atoms with Crippen molar-refractivity contribution in [2.45, 2.75) is 38.3 Å². The monoisotopic (exact) mass is 362 g/mol. The average molecular weight is 362 g/mol. The molecule has 3 aromatic rings. The molecule has 0 amide bonds. The Hall–Kier alpha value is -3.04. The highest BCUT2D eigenvalue weighted by Crippen LogP contribution is 2.32. The van der Waals surface area contributed by atoms with Crippen LogP contribution in [0.4, 0.5) is 4.39 Å². The standard InChI is InChI=1S/C21H19FN4O/c1-14-10-11-21(2,25-14)20-24-19(26-27-20)18-9-8-16(13-23-18)7-6-15-4-3-5-17(22)12-15/h3-5,8-9,12-14,25H,10-11H2,1-2H3. The molecule has 3 heterocycles. The van der Waals surface area contributed by atoms with Crippen molar-refractivity contribution in [1.82, 2.24) is 20.4 Å². The smallest absolute Gasteiger partial charge is 0.247 e. The van der Waals surface area contributed by atoms with E-state index in [9.17, 15) is 4.39 Å². The zero-order valence-corrected chi connectivity index (χ0v) is 15.2. The van der Waals surface area contributed by atoms with Crippen LogP contribution in [-0.2, 0) is 5.54 Å². The Morgan fingerprint density at radius 1 is 1.22 bits per heavy atom. The molecule has 0 bridgehead atoms. The van der Waals surface area contributed by atoms with E-state index in [0.717, 1.165) is 18.4 Å². The van der Waals surface area contributed by atoms with Crippen LogP contribution in [0.3, 0.4) is 0 Å². The van der Waals surface area contributed by atoms with Crippen molar-refractivity contribution >= 4 is 0 Å². The molecule has 0 aliphatic carbocycles. The minimum atomic E-state index is -0.303. The van der Waals surface area contributed by atoms with Gasteiger partial charge in [-0.2, -0.15) is 4.98 Å². The molecule has 27 heavy (non-hydrogen) atoms. The van der Waals surface area contributed by atoms with Crippen LogP contribution in [0.25, 0.3) is 11.5 Å². The predicted molar refractivity (Wildman–Crippen MR) is 99.1 cm³/mol. The van der Waals surface area contributed by atoms with Crippen molar-refractivity contribution in [1.29, 1.82) is 0 Å². The van der Waals surface area contributed by atoms with E-state index in [1.807, 2.05) is 6.07 Å². The SMILES string of the molecule is CC1CCC(C)(c2nc(-c3ccc(C#Cc4cccc(F)c4)cn3)no2)N1. The number of nitrogens with zero attached hydrogens (tertiary/aromatic N) is 3. The lowest BCUT2D eigenvalue weighted by Gasteiger charge is -2.19. The first-order valence-electron chi connectivity index (χ1n) is 8.88. The van der Waals surface area contributed by atoms with Crippen LogP contribution in [0.1, 0.15) is 43.7 Å². The first-order valence-corrected chi connectivity index (χ1v) is 8.88. The molecule has 4 rings (SSSR count). The summed E-state index contributed by atoms with van der Waals surface area (Å²) in [7, 11) is 0. The lowest BCUT2D eigenvalue weighted by atomic mass is 10.0. The summed E-state index contributed by atoms with van der Waals surface area (Å²) in [4.78, 5) is 8.90. The topological polar surface area (TPSA) is 63.8 Å². The number of nitrogens with one attached hydrogen (secondary N) is 1. The Morgan fingerprint density at radius 2 is 2.07 bits per heavy atom. The van der Waals surface area contributed by atoms with Gasteiger partial charge >= 0.3 is 0 Å². The van der Waals surface area contributed by atoms with Gasteiger partial charge in [0.1, 0.15) is 11.5 Å². The van der Waals surface area contributed by atoms with Crippen molar-refractivity contribution in [2.75, 3.05) is 0 Å². The van der Waals surface area contributed by atoms with Crippen LogP contribution < -0.4 is 5.32 Å². The molecule has 6 heteroatoms. The van der Waals surface area contributed by atoms with Crippen molar-refractivity contribution in [3.8, 4) is 23.4 Å². The van der Waals surface area contributed by atoms with Crippen LogP contribution in [-0.4, -0.2) is 21.2 Å². The summed E-state index contributed by atoms with van der Waals surface area (Å²) < 4.78 is 18.7. The lowest BCUT2D eigenvalue weighted by Crippen LogP contribution is -2.36. The fourth-order valence-corrected chi connectivity index (χ4v) is 3.22. The Labute approximate surface area is 157 Å². The van der Waals surface area contributed by atoms with Crippen LogP contribution in [0.15, 0.2) is 47.1 Å². The normalized spacial score (nSPS) is 21.7. The molecule has 136 valence electrons. The van der Waals surface area contributed by atoms with Gasteiger partial charge in [0, 0.05) is 23.4 Å². The van der Waals surface area contributed by atoms with Crippen LogP contribution in [0, 0.1) is 17.7 Å². The van der Waals surface area contributed by atoms with Crippen molar-refractivity contribution in [3.63, 3.8) is 0 Å². The first kappa shape index (κ1) is 17.4. The molecule has 1 aromatic carbocycles. The number of halogens is 1. The van der Waals surface area contributed by atoms with E-state index in [-0.39, 0.29) is 11.4 Å². The van der Waals surface area contributed by atoms with Crippen molar-refractivity contribution < 1.29 is 8.91 Å². The number of pyridine rings is 1. The third-order valence-corrected chi connectivity index (χ3v) is 4.71. The molecule has 5 nitrogen and oxygen atoms in total. The molecule has 0 spiro atoms. The molecule has 1 aliphatic rings. The summed E-state index contributed by atoms with van der Waals surface area (Å²) in [5.74, 6) is 6.63. The molecule has 1 N–H and O–H groups in total. The van der Waals surface area contributed by atoms with E-state index in [2.05, 4.69) is 46.1 Å². The summed E-state index contributed by atoms with van der Waals surface area (Å²) in [6.07, 6.45) is 3.68. The van der Waals surface area contributed by atoms with E-state index in [1.54, 1.807) is 24.4 Å². The highest BCUT2D eigenvalue weighted by Gasteiger charge is 2.39. The Bertz CT molecular complexity index is 1020. The molecule has 0 radical (unpaired) electrons. The second-order valence-corrected chi connectivity index (χ2v) is 7.03. The van der Waals surface area contributed by atoms with Gasteiger partial charge in [0.25, 0.3) is 0 Å². The minimum absolute atomic E-state index is 0.291. The second kappa shape index (κ2) is 6.93. The van der Waals surface area contributed by atoms with E-state index in [0.29, 0.717) is 29.0 Å². The molecule has 1 fully saturated rings. The van der Waals surface area contributed by atoms with Gasteiger partial charge in [-0.05, 0) is 57.0 Å². The van der Waals surface area contributed by atoms with Gasteiger partial charge in [-0.25, -0.2) is 4.39 Å². The Morgan fingerprint density at radius 3 is 2.78 bits per heavy atom. The Balaban J connectivity index is 1.52. The third-order valence-electron chi connectivity index (χ3n) is 4.71. The van der Waals surface area contributed by atoms with E-state index >= 15 is 0 Å². The number of rotatable bonds is 2. The molecule has 2 unspecified atom stereocenters. The van der Waals surface area contributed by atoms with Gasteiger partial charge in [-0.15, -0.1) is 0 Å². The van der Waals surface area contributed by atoms with Gasteiger partial charge in [-0.3, -0.25) is 4.98 Å². The lowest BCUT2D eigenvalue weighted by molar-refractivity contribution is 0.269. The quantitative estimate of drug-likeness (QED) is 0.705. The highest BCUT2D eigenvalue weighted by atomic mass is 19.1. The summed E-state index contributed by atoms with van der Waals surface area (Å²) in [6, 6.07) is 10.3. The van der Waals surface area contributed by atoms with Crippen LogP contribution >= 0.6 is 0 Å². The molecule has 2 atom stereocenters. The fourth-order valence-electron chi connectivity index (χ4n) is 3.22. The number of hydrogen-bond acceptors (Lipinski definition) is 5. The van der Waals surface area contributed by atoms with Gasteiger partial charge in [0.15, 0.2) is 0 Å². The van der Waals surface area contributed by atoms with Crippen molar-refractivity contribution in [2.24, 2.45) is 0 Å². The summed E-state index contributed by atoms with van der Waals surface area (Å²) in [5, 5.41) is 7.56. The zero-order valence-electron chi connectivity index (χ0n) is 15.2. The molecular formula is C21H19FN4O. The molecule has 2 aromatic heterocycles. The number of benzene rings is 1. The largest absolute Gasteiger partial charge is 0.337 e. The first-order chi connectivity index (χ1) is 13.0. The Kier molecular flexibility index (Phi) is 4.46. The minimum Gasteiger partial charge on any atom is -0.337 e. The summed E-state index contributed by atoms with van der Waals surface area (Å²) in [5.41, 5.74) is 1.68. The van der Waals surface area contributed by atoms with Gasteiger partial charge < -0.3 is 9.84 Å². The third kappa shape index (κ3) is 3.74. The van der Waals surface area contributed by atoms with Gasteiger partial charge in [-0.1, -0.05) is 23.1 Å². The number of aromatic nitrogens is 3. The molecular weight excluding hydrogens is 343 g/mol. The maximum Gasteiger partial charge on any atom is 0.247 e. The summed E-state index contributed by atoms with van der Waals surface area (Å²) in [6.45, 7) is 4.22.